The highest BCUT2D eigenvalue weighted by Crippen LogP contribution is 2.33. The fourth-order valence-corrected chi connectivity index (χ4v) is 2.49. The molecule has 1 N–H and O–H groups in total. The summed E-state index contributed by atoms with van der Waals surface area (Å²) in [5, 5.41) is 3.23. The Bertz CT molecular complexity index is 572. The van der Waals surface area contributed by atoms with Crippen LogP contribution in [-0.4, -0.2) is 7.05 Å². The second-order valence-electron chi connectivity index (χ2n) is 4.25. The van der Waals surface area contributed by atoms with Gasteiger partial charge >= 0.3 is 0 Å². The summed E-state index contributed by atoms with van der Waals surface area (Å²) in [4.78, 5) is 0. The van der Waals surface area contributed by atoms with E-state index in [9.17, 15) is 0 Å². The lowest BCUT2D eigenvalue weighted by atomic mass is 10.1. The van der Waals surface area contributed by atoms with Gasteiger partial charge in [0.2, 0.25) is 0 Å². The molecular weight excluding hydrogens is 370 g/mol. The Balaban J connectivity index is 2.35. The van der Waals surface area contributed by atoms with E-state index in [1.807, 2.05) is 43.4 Å². The van der Waals surface area contributed by atoms with Gasteiger partial charge in [0.25, 0.3) is 0 Å². The smallest absolute Gasteiger partial charge is 0.133 e. The molecular formula is C15H15Br2NO. The van der Waals surface area contributed by atoms with Gasteiger partial charge in [-0.25, -0.2) is 0 Å². The van der Waals surface area contributed by atoms with Gasteiger partial charge < -0.3 is 10.1 Å². The number of hydrogen-bond donors (Lipinski definition) is 1. The van der Waals surface area contributed by atoms with Crippen LogP contribution in [0.3, 0.4) is 0 Å². The first kappa shape index (κ1) is 14.6. The molecule has 2 rings (SSSR count). The SMILES string of the molecule is CNC(C)c1ccc(Br)cc1Oc1cccc(Br)c1. The summed E-state index contributed by atoms with van der Waals surface area (Å²) in [6.07, 6.45) is 0. The van der Waals surface area contributed by atoms with Crippen molar-refractivity contribution in [2.45, 2.75) is 13.0 Å². The summed E-state index contributed by atoms with van der Waals surface area (Å²) < 4.78 is 8.00. The first-order valence-corrected chi connectivity index (χ1v) is 7.59. The van der Waals surface area contributed by atoms with Crippen molar-refractivity contribution >= 4 is 31.9 Å². The molecule has 19 heavy (non-hydrogen) atoms. The van der Waals surface area contributed by atoms with Gasteiger partial charge in [0.1, 0.15) is 11.5 Å². The van der Waals surface area contributed by atoms with Crippen molar-refractivity contribution in [3.63, 3.8) is 0 Å². The molecule has 0 saturated heterocycles. The van der Waals surface area contributed by atoms with E-state index in [0.717, 1.165) is 26.0 Å². The predicted molar refractivity (Wildman–Crippen MR) is 85.8 cm³/mol. The quantitative estimate of drug-likeness (QED) is 0.773. The molecule has 2 aromatic carbocycles. The minimum atomic E-state index is 0.232. The molecule has 0 aliphatic rings. The van der Waals surface area contributed by atoms with E-state index in [0.29, 0.717) is 0 Å². The van der Waals surface area contributed by atoms with Crippen LogP contribution in [0.25, 0.3) is 0 Å². The summed E-state index contributed by atoms with van der Waals surface area (Å²) in [6.45, 7) is 2.11. The highest BCUT2D eigenvalue weighted by atomic mass is 79.9. The van der Waals surface area contributed by atoms with Crippen LogP contribution in [-0.2, 0) is 0 Å². The molecule has 0 heterocycles. The number of halogens is 2. The molecule has 0 bridgehead atoms. The zero-order chi connectivity index (χ0) is 13.8. The van der Waals surface area contributed by atoms with E-state index < -0.39 is 0 Å². The molecule has 1 atom stereocenters. The maximum Gasteiger partial charge on any atom is 0.133 e. The predicted octanol–water partition coefficient (Wildman–Crippen LogP) is 5.28. The molecule has 0 aromatic heterocycles. The number of ether oxygens (including phenoxy) is 1. The molecule has 0 aliphatic heterocycles. The molecule has 0 saturated carbocycles. The summed E-state index contributed by atoms with van der Waals surface area (Å²) in [5.41, 5.74) is 1.13. The van der Waals surface area contributed by atoms with Crippen LogP contribution in [0, 0.1) is 0 Å². The van der Waals surface area contributed by atoms with Gasteiger partial charge in [0.05, 0.1) is 0 Å². The molecule has 0 radical (unpaired) electrons. The van der Waals surface area contributed by atoms with Crippen molar-refractivity contribution in [3.8, 4) is 11.5 Å². The van der Waals surface area contributed by atoms with Gasteiger partial charge in [-0.15, -0.1) is 0 Å². The van der Waals surface area contributed by atoms with E-state index in [-0.39, 0.29) is 6.04 Å². The van der Waals surface area contributed by atoms with Crippen LogP contribution in [0.15, 0.2) is 51.4 Å². The number of hydrogen-bond acceptors (Lipinski definition) is 2. The van der Waals surface area contributed by atoms with Crippen LogP contribution in [0.1, 0.15) is 18.5 Å². The van der Waals surface area contributed by atoms with Crippen LogP contribution >= 0.6 is 31.9 Å². The van der Waals surface area contributed by atoms with Crippen molar-refractivity contribution < 1.29 is 4.74 Å². The normalized spacial score (nSPS) is 12.2. The van der Waals surface area contributed by atoms with Crippen LogP contribution in [0.4, 0.5) is 0 Å². The van der Waals surface area contributed by atoms with E-state index >= 15 is 0 Å². The lowest BCUT2D eigenvalue weighted by molar-refractivity contribution is 0.465. The minimum absolute atomic E-state index is 0.232. The number of benzene rings is 2. The van der Waals surface area contributed by atoms with Gasteiger partial charge in [0, 0.05) is 20.6 Å². The summed E-state index contributed by atoms with van der Waals surface area (Å²) in [5.74, 6) is 1.67. The van der Waals surface area contributed by atoms with Gasteiger partial charge in [-0.1, -0.05) is 44.0 Å². The van der Waals surface area contributed by atoms with Gasteiger partial charge in [-0.3, -0.25) is 0 Å². The van der Waals surface area contributed by atoms with Crippen LogP contribution < -0.4 is 10.1 Å². The molecule has 1 unspecified atom stereocenters. The molecule has 2 nitrogen and oxygen atoms in total. The molecule has 0 spiro atoms. The topological polar surface area (TPSA) is 21.3 Å². The first-order chi connectivity index (χ1) is 9.10. The highest BCUT2D eigenvalue weighted by Gasteiger charge is 2.11. The average Bonchev–Trinajstić information content (AvgIpc) is 2.38. The van der Waals surface area contributed by atoms with Crippen molar-refractivity contribution in [3.05, 3.63) is 57.0 Å². The monoisotopic (exact) mass is 383 g/mol. The minimum Gasteiger partial charge on any atom is -0.457 e. The largest absolute Gasteiger partial charge is 0.457 e. The fraction of sp³-hybridized carbons (Fsp3) is 0.200. The Morgan fingerprint density at radius 1 is 1.05 bits per heavy atom. The molecule has 2 aromatic rings. The second-order valence-corrected chi connectivity index (χ2v) is 6.08. The fourth-order valence-electron chi connectivity index (χ4n) is 1.77. The third kappa shape index (κ3) is 3.81. The van der Waals surface area contributed by atoms with E-state index in [2.05, 4.69) is 50.2 Å². The third-order valence-corrected chi connectivity index (χ3v) is 3.89. The average molecular weight is 385 g/mol. The lowest BCUT2D eigenvalue weighted by Gasteiger charge is -2.16. The zero-order valence-corrected chi connectivity index (χ0v) is 14.0. The van der Waals surface area contributed by atoms with Crippen molar-refractivity contribution in [1.82, 2.24) is 5.32 Å². The molecule has 100 valence electrons. The van der Waals surface area contributed by atoms with Crippen LogP contribution in [0.2, 0.25) is 0 Å². The Morgan fingerprint density at radius 2 is 1.79 bits per heavy atom. The third-order valence-electron chi connectivity index (χ3n) is 2.90. The van der Waals surface area contributed by atoms with Gasteiger partial charge in [-0.2, -0.15) is 0 Å². The maximum absolute atomic E-state index is 5.99. The van der Waals surface area contributed by atoms with Gasteiger partial charge in [0.15, 0.2) is 0 Å². The van der Waals surface area contributed by atoms with Crippen LogP contribution in [0.5, 0.6) is 11.5 Å². The number of nitrogens with one attached hydrogen (secondary N) is 1. The van der Waals surface area contributed by atoms with Gasteiger partial charge in [-0.05, 0) is 44.3 Å². The lowest BCUT2D eigenvalue weighted by Crippen LogP contribution is -2.13. The zero-order valence-electron chi connectivity index (χ0n) is 10.8. The van der Waals surface area contributed by atoms with E-state index in [1.54, 1.807) is 0 Å². The van der Waals surface area contributed by atoms with E-state index in [1.165, 1.54) is 0 Å². The standard InChI is InChI=1S/C15H15Br2NO/c1-10(18-2)14-7-6-12(17)9-15(14)19-13-5-3-4-11(16)8-13/h3-10,18H,1-2H3. The van der Waals surface area contributed by atoms with Crippen molar-refractivity contribution in [2.24, 2.45) is 0 Å². The maximum atomic E-state index is 5.99. The highest BCUT2D eigenvalue weighted by molar-refractivity contribution is 9.10. The Kier molecular flexibility index (Phi) is 5.02. The Labute approximate surface area is 130 Å². The molecule has 4 heteroatoms. The Morgan fingerprint density at radius 3 is 2.47 bits per heavy atom. The van der Waals surface area contributed by atoms with Crippen molar-refractivity contribution in [1.29, 1.82) is 0 Å². The molecule has 0 aliphatic carbocycles. The Hall–Kier alpha value is -0.840. The summed E-state index contributed by atoms with van der Waals surface area (Å²) >= 11 is 6.93. The second kappa shape index (κ2) is 6.55. The molecule has 0 fully saturated rings. The number of rotatable bonds is 4. The summed E-state index contributed by atoms with van der Waals surface area (Å²) in [7, 11) is 1.94. The molecule has 0 amide bonds. The summed E-state index contributed by atoms with van der Waals surface area (Å²) in [6, 6.07) is 14.1. The first-order valence-electron chi connectivity index (χ1n) is 6.00. The van der Waals surface area contributed by atoms with Crippen molar-refractivity contribution in [2.75, 3.05) is 7.05 Å². The van der Waals surface area contributed by atoms with E-state index in [4.69, 9.17) is 4.74 Å².